The topological polar surface area (TPSA) is 64.3 Å². The molecule has 4 nitrogen and oxygen atoms in total. The lowest BCUT2D eigenvalue weighted by atomic mass is 9.75. The maximum absolute atomic E-state index is 11.6. The Bertz CT molecular complexity index is 572. The molecule has 1 aliphatic rings. The molecule has 2 rings (SSSR count). The largest absolute Gasteiger partial charge is 0.481 e. The molecule has 0 saturated carbocycles. The maximum atomic E-state index is 11.6. The third-order valence-corrected chi connectivity index (χ3v) is 5.00. The fourth-order valence-corrected chi connectivity index (χ4v) is 3.49. The lowest BCUT2D eigenvalue weighted by molar-refractivity contribution is -0.150. The minimum atomic E-state index is -0.662. The van der Waals surface area contributed by atoms with Crippen molar-refractivity contribution in [2.24, 2.45) is 5.41 Å². The molecule has 1 N–H and O–H groups in total. The lowest BCUT2D eigenvalue weighted by Crippen LogP contribution is -2.44. The third-order valence-electron chi connectivity index (χ3n) is 4.34. The molecule has 1 aliphatic heterocycles. The van der Waals surface area contributed by atoms with Crippen LogP contribution in [0.4, 0.5) is 5.69 Å². The van der Waals surface area contributed by atoms with Crippen LogP contribution in [0.2, 0.25) is 0 Å². The van der Waals surface area contributed by atoms with Gasteiger partial charge < -0.3 is 10.0 Å². The quantitative estimate of drug-likeness (QED) is 0.896. The number of hydrogen-bond donors (Lipinski definition) is 1. The number of hydrogen-bond acceptors (Lipinski definition) is 3. The first kappa shape index (κ1) is 15.8. The van der Waals surface area contributed by atoms with Crippen LogP contribution >= 0.6 is 15.9 Å². The van der Waals surface area contributed by atoms with Gasteiger partial charge in [-0.2, -0.15) is 5.26 Å². The highest BCUT2D eigenvalue weighted by atomic mass is 79.9. The van der Waals surface area contributed by atoms with Crippen molar-refractivity contribution in [1.82, 2.24) is 0 Å². The smallest absolute Gasteiger partial charge is 0.309 e. The Morgan fingerprint density at radius 3 is 2.62 bits per heavy atom. The molecule has 0 atom stereocenters. The average molecular weight is 351 g/mol. The van der Waals surface area contributed by atoms with E-state index in [0.717, 1.165) is 36.1 Å². The van der Waals surface area contributed by atoms with E-state index >= 15 is 0 Å². The van der Waals surface area contributed by atoms with E-state index in [0.29, 0.717) is 18.4 Å². The third kappa shape index (κ3) is 3.21. The summed E-state index contributed by atoms with van der Waals surface area (Å²) in [4.78, 5) is 13.8. The maximum Gasteiger partial charge on any atom is 0.309 e. The Morgan fingerprint density at radius 2 is 2.14 bits per heavy atom. The number of nitriles is 1. The molecule has 112 valence electrons. The summed E-state index contributed by atoms with van der Waals surface area (Å²) in [6, 6.07) is 7.79. The first-order chi connectivity index (χ1) is 10.0. The van der Waals surface area contributed by atoms with Gasteiger partial charge in [-0.3, -0.25) is 4.79 Å². The standard InChI is InChI=1S/C16H19BrN2O2/c1-2-5-16(15(20)21)6-8-19(9-7-16)13-4-3-12(11-18)14(17)10-13/h3-4,10H,2,5-9H2,1H3,(H,20,21). The number of carboxylic acids is 1. The number of halogens is 1. The van der Waals surface area contributed by atoms with Crippen LogP contribution in [0.5, 0.6) is 0 Å². The molecule has 1 heterocycles. The SMILES string of the molecule is CCCC1(C(=O)O)CCN(c2ccc(C#N)c(Br)c2)CC1. The van der Waals surface area contributed by atoms with Crippen LogP contribution in [-0.2, 0) is 4.79 Å². The van der Waals surface area contributed by atoms with E-state index < -0.39 is 11.4 Å². The Morgan fingerprint density at radius 1 is 1.48 bits per heavy atom. The van der Waals surface area contributed by atoms with E-state index in [9.17, 15) is 9.90 Å². The Kier molecular flexibility index (Phi) is 4.89. The molecule has 0 radical (unpaired) electrons. The Hall–Kier alpha value is -1.54. The molecule has 1 aromatic rings. The summed E-state index contributed by atoms with van der Waals surface area (Å²) in [5, 5.41) is 18.5. The van der Waals surface area contributed by atoms with Gasteiger partial charge in [0.05, 0.1) is 11.0 Å². The van der Waals surface area contributed by atoms with Gasteiger partial charge in [0, 0.05) is 23.2 Å². The summed E-state index contributed by atoms with van der Waals surface area (Å²) in [5.74, 6) is -0.662. The predicted molar refractivity (Wildman–Crippen MR) is 85.3 cm³/mol. The lowest BCUT2D eigenvalue weighted by Gasteiger charge is -2.40. The van der Waals surface area contributed by atoms with Crippen molar-refractivity contribution in [3.05, 3.63) is 28.2 Å². The first-order valence-electron chi connectivity index (χ1n) is 7.20. The van der Waals surface area contributed by atoms with Gasteiger partial charge in [-0.1, -0.05) is 13.3 Å². The molecule has 0 spiro atoms. The van der Waals surface area contributed by atoms with Crippen molar-refractivity contribution in [2.45, 2.75) is 32.6 Å². The number of rotatable bonds is 4. The number of piperidine rings is 1. The van der Waals surface area contributed by atoms with Crippen LogP contribution in [0.15, 0.2) is 22.7 Å². The van der Waals surface area contributed by atoms with Gasteiger partial charge in [0.15, 0.2) is 0 Å². The van der Waals surface area contributed by atoms with E-state index in [-0.39, 0.29) is 0 Å². The van der Waals surface area contributed by atoms with Gasteiger partial charge >= 0.3 is 5.97 Å². The van der Waals surface area contributed by atoms with Crippen LogP contribution in [0.1, 0.15) is 38.2 Å². The number of benzene rings is 1. The minimum absolute atomic E-state index is 0.560. The second kappa shape index (κ2) is 6.48. The molecule has 1 fully saturated rings. The first-order valence-corrected chi connectivity index (χ1v) is 8.00. The molecular formula is C16H19BrN2O2. The van der Waals surface area contributed by atoms with Gasteiger partial charge in [0.25, 0.3) is 0 Å². The van der Waals surface area contributed by atoms with Crippen molar-refractivity contribution in [3.8, 4) is 6.07 Å². The van der Waals surface area contributed by atoms with Crippen LogP contribution in [0, 0.1) is 16.7 Å². The molecular weight excluding hydrogens is 332 g/mol. The summed E-state index contributed by atoms with van der Waals surface area (Å²) in [6.07, 6.45) is 2.99. The molecule has 0 aromatic heterocycles. The summed E-state index contributed by atoms with van der Waals surface area (Å²) >= 11 is 3.40. The molecule has 0 amide bonds. The van der Waals surface area contributed by atoms with Crippen molar-refractivity contribution in [1.29, 1.82) is 5.26 Å². The summed E-state index contributed by atoms with van der Waals surface area (Å²) in [6.45, 7) is 3.52. The van der Waals surface area contributed by atoms with Crippen LogP contribution < -0.4 is 4.90 Å². The summed E-state index contributed by atoms with van der Waals surface area (Å²) in [5.41, 5.74) is 1.09. The molecule has 1 saturated heterocycles. The van der Waals surface area contributed by atoms with E-state index in [1.807, 2.05) is 19.1 Å². The monoisotopic (exact) mass is 350 g/mol. The van der Waals surface area contributed by atoms with Gasteiger partial charge in [0.2, 0.25) is 0 Å². The van der Waals surface area contributed by atoms with E-state index in [4.69, 9.17) is 5.26 Å². The summed E-state index contributed by atoms with van der Waals surface area (Å²) < 4.78 is 0.783. The van der Waals surface area contributed by atoms with Crippen LogP contribution in [-0.4, -0.2) is 24.2 Å². The molecule has 5 heteroatoms. The van der Waals surface area contributed by atoms with E-state index in [2.05, 4.69) is 26.9 Å². The van der Waals surface area contributed by atoms with Crippen molar-refractivity contribution in [3.63, 3.8) is 0 Å². The molecule has 0 unspecified atom stereocenters. The van der Waals surface area contributed by atoms with E-state index in [1.54, 1.807) is 6.07 Å². The molecule has 0 bridgehead atoms. The molecule has 1 aromatic carbocycles. The number of aliphatic carboxylic acids is 1. The van der Waals surface area contributed by atoms with Crippen molar-refractivity contribution in [2.75, 3.05) is 18.0 Å². The fraction of sp³-hybridized carbons (Fsp3) is 0.500. The zero-order chi connectivity index (χ0) is 15.5. The van der Waals surface area contributed by atoms with Crippen molar-refractivity contribution < 1.29 is 9.90 Å². The highest BCUT2D eigenvalue weighted by molar-refractivity contribution is 9.10. The van der Waals surface area contributed by atoms with Gasteiger partial charge in [-0.25, -0.2) is 0 Å². The number of carbonyl (C=O) groups is 1. The highest BCUT2D eigenvalue weighted by Crippen LogP contribution is 2.38. The fourth-order valence-electron chi connectivity index (χ4n) is 3.03. The number of nitrogens with zero attached hydrogens (tertiary/aromatic N) is 2. The molecule has 21 heavy (non-hydrogen) atoms. The second-order valence-corrected chi connectivity index (χ2v) is 6.45. The Balaban J connectivity index is 2.12. The normalized spacial score (nSPS) is 17.3. The molecule has 0 aliphatic carbocycles. The van der Waals surface area contributed by atoms with E-state index in [1.165, 1.54) is 0 Å². The van der Waals surface area contributed by atoms with Crippen molar-refractivity contribution >= 4 is 27.6 Å². The van der Waals surface area contributed by atoms with Gasteiger partial charge in [-0.05, 0) is 53.4 Å². The van der Waals surface area contributed by atoms with Gasteiger partial charge in [-0.15, -0.1) is 0 Å². The minimum Gasteiger partial charge on any atom is -0.481 e. The number of carboxylic acid groups (broad SMARTS) is 1. The second-order valence-electron chi connectivity index (χ2n) is 5.60. The van der Waals surface area contributed by atoms with Crippen LogP contribution in [0.3, 0.4) is 0 Å². The Labute approximate surface area is 133 Å². The van der Waals surface area contributed by atoms with Gasteiger partial charge in [0.1, 0.15) is 6.07 Å². The highest BCUT2D eigenvalue weighted by Gasteiger charge is 2.40. The average Bonchev–Trinajstić information content (AvgIpc) is 2.48. The predicted octanol–water partition coefficient (Wildman–Crippen LogP) is 3.79. The number of anilines is 1. The van der Waals surface area contributed by atoms with Crippen LogP contribution in [0.25, 0.3) is 0 Å². The zero-order valence-electron chi connectivity index (χ0n) is 12.1. The summed E-state index contributed by atoms with van der Waals surface area (Å²) in [7, 11) is 0. The zero-order valence-corrected chi connectivity index (χ0v) is 13.7.